The molecule has 0 spiro atoms. The Morgan fingerprint density at radius 1 is 1.50 bits per heavy atom. The van der Waals surface area contributed by atoms with Crippen molar-refractivity contribution in [1.82, 2.24) is 0 Å². The zero-order valence-electron chi connectivity index (χ0n) is 7.19. The third-order valence-electron chi connectivity index (χ3n) is 2.07. The fraction of sp³-hybridized carbons (Fsp3) is 1.00. The maximum absolute atomic E-state index is 9.39. The second kappa shape index (κ2) is 4.09. The second-order valence-electron chi connectivity index (χ2n) is 3.01. The lowest BCUT2D eigenvalue weighted by molar-refractivity contribution is -0.244. The quantitative estimate of drug-likeness (QED) is 0.242. The van der Waals surface area contributed by atoms with Crippen molar-refractivity contribution in [1.29, 1.82) is 0 Å². The van der Waals surface area contributed by atoms with Crippen molar-refractivity contribution in [2.75, 3.05) is 13.2 Å². The molecule has 1 rings (SSSR count). The van der Waals surface area contributed by atoms with Gasteiger partial charge in [-0.1, -0.05) is 5.11 Å². The fourth-order valence-electron chi connectivity index (χ4n) is 1.26. The molecule has 4 atom stereocenters. The Bertz CT molecular complexity index is 256. The molecule has 1 aliphatic heterocycles. The average Bonchev–Trinajstić information content (AvgIpc) is 2.41. The Morgan fingerprint density at radius 3 is 2.57 bits per heavy atom. The van der Waals surface area contributed by atoms with E-state index in [4.69, 9.17) is 15.4 Å². The van der Waals surface area contributed by atoms with Gasteiger partial charge in [-0.25, -0.2) is 0 Å². The minimum atomic E-state index is -2.19. The van der Waals surface area contributed by atoms with E-state index in [1.54, 1.807) is 0 Å². The van der Waals surface area contributed by atoms with Gasteiger partial charge in [0, 0.05) is 4.91 Å². The lowest BCUT2D eigenvalue weighted by Crippen LogP contribution is -2.46. The maximum atomic E-state index is 9.39. The number of azide groups is 1. The van der Waals surface area contributed by atoms with Crippen LogP contribution < -0.4 is 0 Å². The molecule has 0 aromatic rings. The van der Waals surface area contributed by atoms with Crippen molar-refractivity contribution in [2.24, 2.45) is 5.11 Å². The summed E-state index contributed by atoms with van der Waals surface area (Å²) in [4.78, 5) is 2.44. The van der Waals surface area contributed by atoms with Crippen molar-refractivity contribution in [2.45, 2.75) is 24.1 Å². The van der Waals surface area contributed by atoms with Gasteiger partial charge in [-0.15, -0.1) is 0 Å². The van der Waals surface area contributed by atoms with E-state index in [0.29, 0.717) is 0 Å². The van der Waals surface area contributed by atoms with Crippen LogP contribution in [0.3, 0.4) is 0 Å². The van der Waals surface area contributed by atoms with Gasteiger partial charge in [-0.3, -0.25) is 0 Å². The van der Waals surface area contributed by atoms with Gasteiger partial charge in [0.25, 0.3) is 0 Å². The Kier molecular flexibility index (Phi) is 3.27. The first kappa shape index (κ1) is 11.2. The molecular weight excluding hydrogens is 194 g/mol. The molecule has 0 aliphatic carbocycles. The van der Waals surface area contributed by atoms with Crippen LogP contribution in [-0.4, -0.2) is 57.7 Å². The van der Waals surface area contributed by atoms with E-state index in [2.05, 4.69) is 10.0 Å². The van der Waals surface area contributed by atoms with Crippen LogP contribution in [0.25, 0.3) is 10.4 Å². The highest BCUT2D eigenvalue weighted by Crippen LogP contribution is 2.28. The third kappa shape index (κ3) is 1.80. The molecule has 1 heterocycles. The minimum absolute atomic E-state index is 0.225. The standard InChI is InChI=1S/C6H11N3O5/c7-9-8-1-3-4(11)5(12)6(13,2-10)14-3/h3-5,10-13H,1-2H2/t3-,4?,5?,6?/m1/s1. The maximum Gasteiger partial charge on any atom is 0.219 e. The number of aliphatic hydroxyl groups is 4. The molecular formula is C6H11N3O5. The van der Waals surface area contributed by atoms with Gasteiger partial charge >= 0.3 is 0 Å². The summed E-state index contributed by atoms with van der Waals surface area (Å²) in [5.41, 5.74) is 8.01. The number of aliphatic hydroxyl groups excluding tert-OH is 3. The summed E-state index contributed by atoms with van der Waals surface area (Å²) in [5.74, 6) is -2.19. The highest BCUT2D eigenvalue weighted by molar-refractivity contribution is 4.95. The SMILES string of the molecule is [N-]=[N+]=NC[C@H]1OC(O)(CO)C(O)C1O. The number of ether oxygens (including phenoxy) is 1. The van der Waals surface area contributed by atoms with E-state index in [-0.39, 0.29) is 6.54 Å². The van der Waals surface area contributed by atoms with E-state index in [0.717, 1.165) is 0 Å². The van der Waals surface area contributed by atoms with E-state index in [1.807, 2.05) is 0 Å². The first-order valence-electron chi connectivity index (χ1n) is 3.93. The second-order valence-corrected chi connectivity index (χ2v) is 3.01. The lowest BCUT2D eigenvalue weighted by Gasteiger charge is -2.22. The first-order chi connectivity index (χ1) is 6.55. The Morgan fingerprint density at radius 2 is 2.14 bits per heavy atom. The predicted molar refractivity (Wildman–Crippen MR) is 42.9 cm³/mol. The van der Waals surface area contributed by atoms with Gasteiger partial charge in [-0.2, -0.15) is 0 Å². The van der Waals surface area contributed by atoms with Crippen LogP contribution in [0.5, 0.6) is 0 Å². The minimum Gasteiger partial charge on any atom is -0.391 e. The monoisotopic (exact) mass is 205 g/mol. The van der Waals surface area contributed by atoms with E-state index in [9.17, 15) is 15.3 Å². The highest BCUT2D eigenvalue weighted by Gasteiger charge is 2.52. The van der Waals surface area contributed by atoms with Crippen molar-refractivity contribution in [3.8, 4) is 0 Å². The molecule has 8 heteroatoms. The molecule has 0 radical (unpaired) electrons. The fourth-order valence-corrected chi connectivity index (χ4v) is 1.26. The van der Waals surface area contributed by atoms with Crippen LogP contribution >= 0.6 is 0 Å². The topological polar surface area (TPSA) is 139 Å². The van der Waals surface area contributed by atoms with Crippen LogP contribution in [0.2, 0.25) is 0 Å². The van der Waals surface area contributed by atoms with Crippen molar-refractivity contribution >= 4 is 0 Å². The Hall–Kier alpha value is -0.890. The van der Waals surface area contributed by atoms with Gasteiger partial charge in [0.1, 0.15) is 12.2 Å². The van der Waals surface area contributed by atoms with Gasteiger partial charge in [0.2, 0.25) is 5.79 Å². The van der Waals surface area contributed by atoms with Gasteiger partial charge in [0.15, 0.2) is 0 Å². The molecule has 1 aliphatic rings. The molecule has 0 saturated carbocycles. The first-order valence-corrected chi connectivity index (χ1v) is 3.93. The molecule has 0 aromatic heterocycles. The molecule has 0 bridgehead atoms. The number of hydrogen-bond donors (Lipinski definition) is 4. The van der Waals surface area contributed by atoms with Gasteiger partial charge < -0.3 is 25.2 Å². The van der Waals surface area contributed by atoms with Crippen LogP contribution in [0, 0.1) is 0 Å². The predicted octanol–water partition coefficient (Wildman–Crippen LogP) is -1.90. The van der Waals surface area contributed by atoms with E-state index in [1.165, 1.54) is 0 Å². The zero-order valence-corrected chi connectivity index (χ0v) is 7.19. The molecule has 14 heavy (non-hydrogen) atoms. The summed E-state index contributed by atoms with van der Waals surface area (Å²) in [5, 5.41) is 39.8. The Balaban J connectivity index is 2.71. The van der Waals surface area contributed by atoms with Gasteiger partial charge in [0.05, 0.1) is 19.3 Å². The molecule has 80 valence electrons. The van der Waals surface area contributed by atoms with Crippen LogP contribution in [0.1, 0.15) is 0 Å². The van der Waals surface area contributed by atoms with Crippen LogP contribution in [0.4, 0.5) is 0 Å². The average molecular weight is 205 g/mol. The smallest absolute Gasteiger partial charge is 0.219 e. The van der Waals surface area contributed by atoms with Crippen molar-refractivity contribution in [3.05, 3.63) is 10.4 Å². The normalized spacial score (nSPS) is 42.1. The summed E-state index contributed by atoms with van der Waals surface area (Å²) in [6.07, 6.45) is -4.03. The van der Waals surface area contributed by atoms with Gasteiger partial charge in [-0.05, 0) is 5.53 Å². The summed E-state index contributed by atoms with van der Waals surface area (Å²) in [7, 11) is 0. The number of hydrogen-bond acceptors (Lipinski definition) is 6. The molecule has 1 fully saturated rings. The highest BCUT2D eigenvalue weighted by atomic mass is 16.7. The molecule has 0 amide bonds. The molecule has 1 saturated heterocycles. The Labute approximate surface area is 79.0 Å². The largest absolute Gasteiger partial charge is 0.391 e. The third-order valence-corrected chi connectivity index (χ3v) is 2.07. The lowest BCUT2D eigenvalue weighted by atomic mass is 10.1. The molecule has 4 N–H and O–H groups in total. The van der Waals surface area contributed by atoms with Crippen molar-refractivity contribution in [3.63, 3.8) is 0 Å². The van der Waals surface area contributed by atoms with Crippen LogP contribution in [-0.2, 0) is 4.74 Å². The molecule has 8 nitrogen and oxygen atoms in total. The van der Waals surface area contributed by atoms with E-state index < -0.39 is 30.7 Å². The van der Waals surface area contributed by atoms with E-state index >= 15 is 0 Å². The summed E-state index contributed by atoms with van der Waals surface area (Å²) in [6, 6.07) is 0. The number of nitrogens with zero attached hydrogens (tertiary/aromatic N) is 3. The van der Waals surface area contributed by atoms with Crippen molar-refractivity contribution < 1.29 is 25.2 Å². The number of rotatable bonds is 3. The zero-order chi connectivity index (χ0) is 10.8. The summed E-state index contributed by atoms with van der Waals surface area (Å²) in [6.45, 7) is -1.07. The van der Waals surface area contributed by atoms with Crippen LogP contribution in [0.15, 0.2) is 5.11 Å². The molecule has 3 unspecified atom stereocenters. The summed E-state index contributed by atoms with van der Waals surface area (Å²) < 4.78 is 4.77. The molecule has 0 aromatic carbocycles. The summed E-state index contributed by atoms with van der Waals surface area (Å²) >= 11 is 0.